The molecule has 7 aromatic rings. The lowest BCUT2D eigenvalue weighted by molar-refractivity contribution is -0.249. The molecule has 99 heavy (non-hydrogen) atoms. The van der Waals surface area contributed by atoms with Gasteiger partial charge in [-0.25, -0.2) is 32.3 Å². The number of alkyl halides is 2. The van der Waals surface area contributed by atoms with Gasteiger partial charge in [-0.2, -0.15) is 17.7 Å². The van der Waals surface area contributed by atoms with Gasteiger partial charge in [-0.15, -0.1) is 0 Å². The Morgan fingerprint density at radius 3 is 2.04 bits per heavy atom. The molecule has 3 aromatic heterocycles. The van der Waals surface area contributed by atoms with E-state index < -0.39 is 164 Å². The molecule has 1 saturated heterocycles. The number of aliphatic hydroxyl groups is 1. The number of hydrogen-bond donors (Lipinski definition) is 4. The quantitative estimate of drug-likeness (QED) is 0.0511. The molecular formula is C69H65Cl2F5N6O17. The van der Waals surface area contributed by atoms with Crippen molar-refractivity contribution in [2.75, 3.05) is 13.7 Å². The van der Waals surface area contributed by atoms with Crippen LogP contribution in [0.3, 0.4) is 0 Å². The van der Waals surface area contributed by atoms with Crippen molar-refractivity contribution in [3.8, 4) is 5.75 Å². The Labute approximate surface area is 567 Å². The highest BCUT2D eigenvalue weighted by Gasteiger charge is 2.80. The van der Waals surface area contributed by atoms with E-state index in [4.69, 9.17) is 42.1 Å². The second-order valence-corrected chi connectivity index (χ2v) is 26.0. The summed E-state index contributed by atoms with van der Waals surface area (Å²) < 4.78 is 97.4. The molecule has 12 rings (SSSR count). The molecule has 0 radical (unpaired) electrons. The summed E-state index contributed by atoms with van der Waals surface area (Å²) in [5.74, 6) is -12.4. The summed E-state index contributed by atoms with van der Waals surface area (Å²) in [4.78, 5) is 151. The molecule has 5 aliphatic rings. The summed E-state index contributed by atoms with van der Waals surface area (Å²) in [6, 6.07) is 23.2. The third-order valence-electron chi connectivity index (χ3n) is 19.0. The zero-order valence-electron chi connectivity index (χ0n) is 52.9. The van der Waals surface area contributed by atoms with Gasteiger partial charge in [0.2, 0.25) is 41.0 Å². The van der Waals surface area contributed by atoms with E-state index >= 15 is 8.78 Å². The third kappa shape index (κ3) is 13.5. The predicted molar refractivity (Wildman–Crippen MR) is 348 cm³/mol. The Morgan fingerprint density at radius 2 is 1.38 bits per heavy atom. The average Bonchev–Trinajstić information content (AvgIpc) is 1.56. The molecule has 4 aromatic carbocycles. The van der Waals surface area contributed by atoms with Crippen molar-refractivity contribution in [1.29, 1.82) is 0 Å². The number of aromatic amines is 3. The molecule has 23 nitrogen and oxygen atoms in total. The first-order chi connectivity index (χ1) is 46.1. The van der Waals surface area contributed by atoms with Crippen molar-refractivity contribution in [3.05, 3.63) is 234 Å². The number of aromatic nitrogens is 6. The molecule has 0 bridgehead atoms. The fourth-order valence-corrected chi connectivity index (χ4v) is 14.8. The molecule has 0 amide bonds. The number of H-pyrrole nitrogens is 3. The van der Waals surface area contributed by atoms with Crippen molar-refractivity contribution in [2.45, 2.75) is 122 Å². The van der Waals surface area contributed by atoms with Crippen molar-refractivity contribution in [1.82, 2.24) is 28.7 Å². The number of Topliss-reactive ketones (excluding diaryl/α,β-unsaturated/α-hetero) is 1. The summed E-state index contributed by atoms with van der Waals surface area (Å²) in [6.45, 7) is 6.82. The minimum absolute atomic E-state index is 0. The standard InChI is InChI=1S/C31H33F3N2O10.C19H13Cl2FN2O3.C18H15FN2O4.CH4/c1-27(2)45-22-9-15-16-8-18(32)17-7-14(37)5-6-28(17,3)30(16,34)20(38)11-29(15,4)31(22,46-27)21(39)13-44-24(41)10-23(40)36-25(42)19(33)12-35-26(36)43;20-14-6-3-7-15(21)13(14)8-11-4-1-2-5-12(11)9-17(25)24-10-16(22)18(26)23-19(24)27;1-10(17(23)21-9-15(19)16(22)20-18(21)24)11-3-4-13-8-14(25-2)6-5-12(13)7-11;/h5-7,12,15-16,18,20,22,38H,8-11,13H2,1-4H3,(H,35,43);1-7,10H,8-9H2,(H,23,26,27);3-10H,1-2H3,(H,20,22,24);1H4/t15?,16?,18-,20-,22+,28-,29-,30-,31+;;10-;/m0.0./s1. The Morgan fingerprint density at radius 1 is 0.768 bits per heavy atom. The number of fused-ring (bicyclic) bond motifs is 8. The molecule has 4 N–H and O–H groups in total. The highest BCUT2D eigenvalue weighted by Crippen LogP contribution is 2.72. The number of nitrogens with zero attached hydrogens (tertiary/aromatic N) is 3. The molecule has 1 aliphatic heterocycles. The van der Waals surface area contributed by atoms with Gasteiger partial charge in [0, 0.05) is 39.4 Å². The van der Waals surface area contributed by atoms with Crippen molar-refractivity contribution in [3.63, 3.8) is 0 Å². The van der Waals surface area contributed by atoms with Crippen LogP contribution in [-0.2, 0) is 41.4 Å². The monoisotopic (exact) mass is 1410 g/mol. The fourth-order valence-electron chi connectivity index (χ4n) is 14.3. The van der Waals surface area contributed by atoms with Gasteiger partial charge < -0.3 is 29.0 Å². The number of benzene rings is 4. The molecule has 522 valence electrons. The lowest BCUT2D eigenvalue weighted by Gasteiger charge is -2.63. The van der Waals surface area contributed by atoms with E-state index in [2.05, 4.69) is 0 Å². The zero-order valence-corrected chi connectivity index (χ0v) is 54.4. The summed E-state index contributed by atoms with van der Waals surface area (Å²) in [5, 5.41) is 14.5. The van der Waals surface area contributed by atoms with Gasteiger partial charge in [-0.05, 0) is 128 Å². The molecule has 30 heteroatoms. The predicted octanol–water partition coefficient (Wildman–Crippen LogP) is 8.01. The zero-order chi connectivity index (χ0) is 71.5. The Bertz CT molecular complexity index is 4910. The maximum atomic E-state index is 17.5. The van der Waals surface area contributed by atoms with Crippen LogP contribution in [0.4, 0.5) is 22.0 Å². The molecule has 10 atom stereocenters. The van der Waals surface area contributed by atoms with Gasteiger partial charge in [0.15, 0.2) is 29.4 Å². The number of carbonyl (C=O) groups is 6. The van der Waals surface area contributed by atoms with Gasteiger partial charge in [0.1, 0.15) is 18.3 Å². The molecule has 2 unspecified atom stereocenters. The van der Waals surface area contributed by atoms with Crippen molar-refractivity contribution in [2.24, 2.45) is 22.7 Å². The fraction of sp³-hybridized carbons (Fsp3) is 0.362. The highest BCUT2D eigenvalue weighted by atomic mass is 35.5. The van der Waals surface area contributed by atoms with Crippen LogP contribution in [-0.4, -0.2) is 118 Å². The maximum Gasteiger partial charge on any atom is 0.335 e. The summed E-state index contributed by atoms with van der Waals surface area (Å²) in [7, 11) is 1.58. The minimum Gasteiger partial charge on any atom is -0.497 e. The number of halogens is 7. The van der Waals surface area contributed by atoms with Crippen LogP contribution < -0.4 is 38.5 Å². The van der Waals surface area contributed by atoms with E-state index in [0.29, 0.717) is 60.9 Å². The highest BCUT2D eigenvalue weighted by molar-refractivity contribution is 6.36. The number of nitrogens with one attached hydrogen (secondary N) is 3. The van der Waals surface area contributed by atoms with Crippen molar-refractivity contribution >= 4 is 69.2 Å². The Hall–Kier alpha value is -9.61. The van der Waals surface area contributed by atoms with E-state index in [0.717, 1.165) is 34.2 Å². The van der Waals surface area contributed by atoms with Gasteiger partial charge in [-0.3, -0.25) is 53.1 Å². The van der Waals surface area contributed by atoms with Crippen LogP contribution in [0.2, 0.25) is 10.0 Å². The van der Waals surface area contributed by atoms with E-state index in [1.54, 1.807) is 93.3 Å². The lowest BCUT2D eigenvalue weighted by atomic mass is 9.44. The van der Waals surface area contributed by atoms with Gasteiger partial charge in [-0.1, -0.05) is 98.2 Å². The number of methoxy groups -OCH3 is 1. The number of ketones is 2. The van der Waals surface area contributed by atoms with E-state index in [9.17, 15) is 75.8 Å². The molecular weight excluding hydrogens is 1350 g/mol. The smallest absolute Gasteiger partial charge is 0.335 e. The first-order valence-corrected chi connectivity index (χ1v) is 31.1. The number of esters is 1. The largest absolute Gasteiger partial charge is 0.497 e. The van der Waals surface area contributed by atoms with Crippen LogP contribution >= 0.6 is 23.2 Å². The van der Waals surface area contributed by atoms with Gasteiger partial charge >= 0.3 is 23.0 Å². The summed E-state index contributed by atoms with van der Waals surface area (Å²) >= 11 is 12.4. The minimum atomic E-state index is -2.42. The second-order valence-electron chi connectivity index (χ2n) is 25.1. The summed E-state index contributed by atoms with van der Waals surface area (Å²) in [5.41, 5.74) is -11.7. The average molecular weight is 1420 g/mol. The number of rotatable bonds is 12. The van der Waals surface area contributed by atoms with Gasteiger partial charge in [0.05, 0.1) is 44.1 Å². The molecule has 3 saturated carbocycles. The maximum absolute atomic E-state index is 17.5. The Kier molecular flexibility index (Phi) is 20.8. The number of hydrogen-bond acceptors (Lipinski definition) is 17. The molecule has 4 aliphatic carbocycles. The normalized spacial score (nSPS) is 24.7. The third-order valence-corrected chi connectivity index (χ3v) is 19.7. The van der Waals surface area contributed by atoms with E-state index in [1.807, 2.05) is 35.3 Å². The SMILES string of the molecule is C.CC1(C)O[C@@H]2CC3C4C[C@H](F)C5=CC(=O)C=C[C@]5(C)[C@@]4(F)[C@@H](O)C[C@]3(C)[C@]2(C(=O)COC(=O)CC(=O)n2c(=O)[nH]cc(F)c2=O)O1.COc1ccc2cc([C@H](C)C(=O)n3cc(F)c(=O)[nH]c3=O)ccc2c1.O=C(Cc1ccccc1Cc1c(Cl)cccc1Cl)n1cc(F)c(=O)[nH]c1=O. The molecule has 0 spiro atoms. The van der Waals surface area contributed by atoms with E-state index in [1.165, 1.54) is 13.0 Å². The number of aliphatic hydroxyl groups excluding tert-OH is 1. The molecule has 4 heterocycles. The topological polar surface area (TPSA) is 324 Å². The number of ether oxygens (including phenoxy) is 4. The van der Waals surface area contributed by atoms with Crippen LogP contribution in [0.25, 0.3) is 10.8 Å². The first kappa shape index (κ1) is 73.6. The number of allylic oxidation sites excluding steroid dienone is 4. The Balaban J connectivity index is 0.000000185. The van der Waals surface area contributed by atoms with E-state index in [-0.39, 0.29) is 43.3 Å². The van der Waals surface area contributed by atoms with Gasteiger partial charge in [0.25, 0.3) is 16.7 Å². The van der Waals surface area contributed by atoms with Crippen LogP contribution in [0.5, 0.6) is 5.75 Å². The molecule has 4 fully saturated rings. The van der Waals surface area contributed by atoms with Crippen LogP contribution in [0.1, 0.15) is 110 Å². The van der Waals surface area contributed by atoms with Crippen molar-refractivity contribution < 1.29 is 74.8 Å². The van der Waals surface area contributed by atoms with Crippen LogP contribution in [0.15, 0.2) is 150 Å². The second kappa shape index (κ2) is 28.0. The first-order valence-electron chi connectivity index (χ1n) is 30.3. The summed E-state index contributed by atoms with van der Waals surface area (Å²) in [6.07, 6.45) is -0.884. The number of carbonyl (C=O) groups excluding carboxylic acids is 6. The lowest BCUT2D eigenvalue weighted by Crippen LogP contribution is -2.71. The van der Waals surface area contributed by atoms with Crippen LogP contribution in [0, 0.1) is 40.1 Å².